The summed E-state index contributed by atoms with van der Waals surface area (Å²) in [7, 11) is 0. The summed E-state index contributed by atoms with van der Waals surface area (Å²) in [5, 5.41) is 0. The van der Waals surface area contributed by atoms with Gasteiger partial charge in [-0.3, -0.25) is 0 Å². The fourth-order valence-corrected chi connectivity index (χ4v) is 2.89. The van der Waals surface area contributed by atoms with Crippen molar-refractivity contribution in [2.45, 2.75) is 13.1 Å². The van der Waals surface area contributed by atoms with Gasteiger partial charge in [-0.2, -0.15) is 4.57 Å². The van der Waals surface area contributed by atoms with E-state index >= 15 is 0 Å². The molecule has 0 amide bonds. The molecule has 2 heterocycles. The lowest BCUT2D eigenvalue weighted by Gasteiger charge is -2.08. The van der Waals surface area contributed by atoms with Gasteiger partial charge in [-0.25, -0.2) is 4.98 Å². The van der Waals surface area contributed by atoms with Crippen molar-refractivity contribution >= 4 is 11.0 Å². The minimum absolute atomic E-state index is 0. The number of pyridine rings is 1. The first kappa shape index (κ1) is 16.2. The van der Waals surface area contributed by atoms with Crippen LogP contribution in [0.3, 0.4) is 0 Å². The van der Waals surface area contributed by atoms with Crippen LogP contribution in [-0.4, -0.2) is 9.55 Å². The Morgan fingerprint density at radius 3 is 2.25 bits per heavy atom. The van der Waals surface area contributed by atoms with Crippen LogP contribution < -0.4 is 17.0 Å². The lowest BCUT2D eigenvalue weighted by molar-refractivity contribution is -0.689. The van der Waals surface area contributed by atoms with E-state index in [0.717, 1.165) is 24.4 Å². The van der Waals surface area contributed by atoms with Crippen LogP contribution in [0, 0.1) is 0 Å². The average molecular weight is 336 g/mol. The van der Waals surface area contributed by atoms with Gasteiger partial charge in [0.1, 0.15) is 0 Å². The summed E-state index contributed by atoms with van der Waals surface area (Å²) in [6.07, 6.45) is 4.15. The number of benzene rings is 2. The molecule has 0 saturated carbocycles. The van der Waals surface area contributed by atoms with Gasteiger partial charge in [-0.1, -0.05) is 48.5 Å². The van der Waals surface area contributed by atoms with Crippen LogP contribution >= 0.6 is 0 Å². The van der Waals surface area contributed by atoms with Gasteiger partial charge in [0, 0.05) is 18.7 Å². The average Bonchev–Trinajstić information content (AvgIpc) is 2.94. The molecule has 24 heavy (non-hydrogen) atoms. The SMILES string of the molecule is [Cl-].c1ccc(Cn2c(C[n+]3ccccc3)nc3ccccc32)cc1. The van der Waals surface area contributed by atoms with Gasteiger partial charge in [-0.05, 0) is 17.7 Å². The van der Waals surface area contributed by atoms with Crippen molar-refractivity contribution < 1.29 is 17.0 Å². The Morgan fingerprint density at radius 2 is 1.46 bits per heavy atom. The minimum Gasteiger partial charge on any atom is -1.00 e. The topological polar surface area (TPSA) is 21.7 Å². The van der Waals surface area contributed by atoms with Gasteiger partial charge < -0.3 is 17.0 Å². The van der Waals surface area contributed by atoms with E-state index in [9.17, 15) is 0 Å². The lowest BCUT2D eigenvalue weighted by Crippen LogP contribution is -3.00. The van der Waals surface area contributed by atoms with E-state index in [-0.39, 0.29) is 12.4 Å². The Kier molecular flexibility index (Phi) is 4.92. The summed E-state index contributed by atoms with van der Waals surface area (Å²) in [5.41, 5.74) is 3.52. The van der Waals surface area contributed by atoms with Crippen molar-refractivity contribution in [1.29, 1.82) is 0 Å². The summed E-state index contributed by atoms with van der Waals surface area (Å²) in [5.74, 6) is 1.08. The first-order valence-electron chi connectivity index (χ1n) is 7.82. The molecule has 4 heteroatoms. The highest BCUT2D eigenvalue weighted by atomic mass is 35.5. The highest BCUT2D eigenvalue weighted by Crippen LogP contribution is 2.18. The van der Waals surface area contributed by atoms with Crippen LogP contribution in [0.2, 0.25) is 0 Å². The van der Waals surface area contributed by atoms with Gasteiger partial charge in [0.05, 0.1) is 11.0 Å². The fraction of sp³-hybridized carbons (Fsp3) is 0.100. The Hall–Kier alpha value is -2.65. The van der Waals surface area contributed by atoms with Crippen LogP contribution in [0.5, 0.6) is 0 Å². The number of nitrogens with zero attached hydrogens (tertiary/aromatic N) is 3. The second kappa shape index (κ2) is 7.28. The predicted molar refractivity (Wildman–Crippen MR) is 91.0 cm³/mol. The van der Waals surface area contributed by atoms with Crippen LogP contribution in [0.1, 0.15) is 11.4 Å². The summed E-state index contributed by atoms with van der Waals surface area (Å²) in [6.45, 7) is 1.60. The molecule has 0 saturated heterocycles. The largest absolute Gasteiger partial charge is 1.00 e. The van der Waals surface area contributed by atoms with E-state index < -0.39 is 0 Å². The molecule has 3 nitrogen and oxygen atoms in total. The molecule has 2 aromatic carbocycles. The third kappa shape index (κ3) is 3.31. The number of hydrogen-bond donors (Lipinski definition) is 0. The molecule has 4 rings (SSSR count). The Labute approximate surface area is 147 Å². The van der Waals surface area contributed by atoms with E-state index in [1.54, 1.807) is 0 Å². The number of imidazole rings is 1. The smallest absolute Gasteiger partial charge is 0.206 e. The van der Waals surface area contributed by atoms with Crippen molar-refractivity contribution in [2.75, 3.05) is 0 Å². The van der Waals surface area contributed by atoms with Gasteiger partial charge in [0.2, 0.25) is 6.54 Å². The number of para-hydroxylation sites is 2. The third-order valence-corrected chi connectivity index (χ3v) is 4.02. The third-order valence-electron chi connectivity index (χ3n) is 4.02. The van der Waals surface area contributed by atoms with Crippen LogP contribution in [0.4, 0.5) is 0 Å². The molecule has 0 spiro atoms. The maximum absolute atomic E-state index is 4.85. The molecule has 0 aliphatic heterocycles. The molecule has 0 aliphatic carbocycles. The second-order valence-electron chi connectivity index (χ2n) is 5.64. The van der Waals surface area contributed by atoms with Gasteiger partial charge in [0.15, 0.2) is 18.2 Å². The number of rotatable bonds is 4. The zero-order valence-electron chi connectivity index (χ0n) is 13.2. The molecule has 0 aliphatic rings. The van der Waals surface area contributed by atoms with Crippen LogP contribution in [0.25, 0.3) is 11.0 Å². The number of hydrogen-bond acceptors (Lipinski definition) is 1. The Morgan fingerprint density at radius 1 is 0.792 bits per heavy atom. The van der Waals surface area contributed by atoms with Gasteiger partial charge in [0.25, 0.3) is 0 Å². The number of halogens is 1. The molecule has 0 unspecified atom stereocenters. The summed E-state index contributed by atoms with van der Waals surface area (Å²) < 4.78 is 4.47. The zero-order valence-corrected chi connectivity index (χ0v) is 14.0. The fourth-order valence-electron chi connectivity index (χ4n) is 2.89. The van der Waals surface area contributed by atoms with Crippen molar-refractivity contribution in [3.8, 4) is 0 Å². The zero-order chi connectivity index (χ0) is 15.5. The molecule has 2 aromatic heterocycles. The van der Waals surface area contributed by atoms with Crippen molar-refractivity contribution in [3.63, 3.8) is 0 Å². The number of fused-ring (bicyclic) bond motifs is 1. The van der Waals surface area contributed by atoms with Crippen molar-refractivity contribution in [2.24, 2.45) is 0 Å². The normalized spacial score (nSPS) is 10.5. The van der Waals surface area contributed by atoms with E-state index in [1.165, 1.54) is 11.1 Å². The van der Waals surface area contributed by atoms with Crippen LogP contribution in [-0.2, 0) is 13.1 Å². The molecular weight excluding hydrogens is 318 g/mol. The molecule has 0 fully saturated rings. The van der Waals surface area contributed by atoms with Crippen LogP contribution in [0.15, 0.2) is 85.2 Å². The molecule has 0 radical (unpaired) electrons. The second-order valence-corrected chi connectivity index (χ2v) is 5.64. The monoisotopic (exact) mass is 335 g/mol. The molecule has 0 N–H and O–H groups in total. The summed E-state index contributed by atoms with van der Waals surface area (Å²) >= 11 is 0. The molecule has 0 bridgehead atoms. The first-order chi connectivity index (χ1) is 11.4. The van der Waals surface area contributed by atoms with E-state index in [2.05, 4.69) is 70.1 Å². The van der Waals surface area contributed by atoms with Gasteiger partial charge >= 0.3 is 0 Å². The van der Waals surface area contributed by atoms with Crippen molar-refractivity contribution in [3.05, 3.63) is 96.6 Å². The Balaban J connectivity index is 0.00000169. The van der Waals surface area contributed by atoms with Gasteiger partial charge in [-0.15, -0.1) is 0 Å². The highest BCUT2D eigenvalue weighted by molar-refractivity contribution is 5.76. The van der Waals surface area contributed by atoms with E-state index in [0.29, 0.717) is 0 Å². The predicted octanol–water partition coefficient (Wildman–Crippen LogP) is 0.424. The van der Waals surface area contributed by atoms with E-state index in [1.807, 2.05) is 24.3 Å². The Bertz CT molecular complexity index is 917. The quantitative estimate of drug-likeness (QED) is 0.496. The summed E-state index contributed by atoms with van der Waals surface area (Å²) in [4.78, 5) is 4.85. The van der Waals surface area contributed by atoms with Crippen molar-refractivity contribution in [1.82, 2.24) is 9.55 Å². The molecule has 0 atom stereocenters. The minimum atomic E-state index is 0. The standard InChI is InChI=1S/C20H18N3.ClH/c1-3-9-17(10-4-1)15-23-19-12-6-5-11-18(19)21-20(23)16-22-13-7-2-8-14-22;/h1-14H,15-16H2;1H/q+1;/p-1. The lowest BCUT2D eigenvalue weighted by atomic mass is 10.2. The highest BCUT2D eigenvalue weighted by Gasteiger charge is 2.14. The summed E-state index contributed by atoms with van der Waals surface area (Å²) in [6, 6.07) is 25.0. The maximum Gasteiger partial charge on any atom is 0.206 e. The van der Waals surface area contributed by atoms with E-state index in [4.69, 9.17) is 4.98 Å². The first-order valence-corrected chi connectivity index (χ1v) is 7.82. The molecule has 120 valence electrons. The molecular formula is C20H18ClN3. The molecule has 4 aromatic rings. The number of aromatic nitrogens is 3. The maximum atomic E-state index is 4.85.